The summed E-state index contributed by atoms with van der Waals surface area (Å²) in [5.74, 6) is -0.652. The summed E-state index contributed by atoms with van der Waals surface area (Å²) < 4.78 is 0. The van der Waals surface area contributed by atoms with Gasteiger partial charge in [0.05, 0.1) is 17.1 Å². The predicted octanol–water partition coefficient (Wildman–Crippen LogP) is 2.02. The molecule has 2 N–H and O–H groups in total. The molecule has 0 spiro atoms. The number of hydrogen-bond acceptors (Lipinski definition) is 3. The minimum absolute atomic E-state index is 0.219. The first-order valence-electron chi connectivity index (χ1n) is 3.91. The highest BCUT2D eigenvalue weighted by molar-refractivity contribution is 6.24. The van der Waals surface area contributed by atoms with E-state index < -0.39 is 5.97 Å². The molecule has 0 bridgehead atoms. The first kappa shape index (κ1) is 10.5. The molecular formula is C9H9ClN2O2. The van der Waals surface area contributed by atoms with Crippen LogP contribution in [0, 0.1) is 0 Å². The minimum atomic E-state index is -0.963. The number of halogens is 1. The van der Waals surface area contributed by atoms with Gasteiger partial charge in [-0.25, -0.2) is 4.79 Å². The summed E-state index contributed by atoms with van der Waals surface area (Å²) in [4.78, 5) is 10.6. The second-order valence-corrected chi connectivity index (χ2v) is 2.77. The molecule has 1 aromatic carbocycles. The Bertz CT molecular complexity index is 352. The fourth-order valence-electron chi connectivity index (χ4n) is 0.876. The highest BCUT2D eigenvalue weighted by Crippen LogP contribution is 2.10. The van der Waals surface area contributed by atoms with Gasteiger partial charge in [0.1, 0.15) is 0 Å². The predicted molar refractivity (Wildman–Crippen MR) is 56.2 cm³/mol. The van der Waals surface area contributed by atoms with Crippen LogP contribution >= 0.6 is 11.6 Å². The van der Waals surface area contributed by atoms with E-state index in [2.05, 4.69) is 10.5 Å². The zero-order chi connectivity index (χ0) is 10.4. The maximum absolute atomic E-state index is 10.6. The van der Waals surface area contributed by atoms with Crippen molar-refractivity contribution in [3.8, 4) is 0 Å². The lowest BCUT2D eigenvalue weighted by Gasteiger charge is -2.00. The topological polar surface area (TPSA) is 61.7 Å². The lowest BCUT2D eigenvalue weighted by Crippen LogP contribution is -1.97. The van der Waals surface area contributed by atoms with E-state index in [0.29, 0.717) is 11.6 Å². The van der Waals surface area contributed by atoms with Crippen LogP contribution in [0.1, 0.15) is 10.4 Å². The molecule has 0 aliphatic heterocycles. The Morgan fingerprint density at radius 2 is 2.43 bits per heavy atom. The summed E-state index contributed by atoms with van der Waals surface area (Å²) in [6.45, 7) is 0. The number of rotatable bonds is 4. The Hall–Kier alpha value is -1.55. The van der Waals surface area contributed by atoms with Crippen molar-refractivity contribution in [1.82, 2.24) is 0 Å². The van der Waals surface area contributed by atoms with Crippen molar-refractivity contribution in [3.63, 3.8) is 0 Å². The number of alkyl halides is 1. The molecule has 14 heavy (non-hydrogen) atoms. The van der Waals surface area contributed by atoms with Crippen LogP contribution in [-0.2, 0) is 0 Å². The van der Waals surface area contributed by atoms with Crippen molar-refractivity contribution in [2.45, 2.75) is 0 Å². The van der Waals surface area contributed by atoms with Gasteiger partial charge in [-0.3, -0.25) is 5.43 Å². The van der Waals surface area contributed by atoms with Gasteiger partial charge in [0.2, 0.25) is 0 Å². The molecular weight excluding hydrogens is 204 g/mol. The monoisotopic (exact) mass is 212 g/mol. The second-order valence-electron chi connectivity index (χ2n) is 2.46. The number of anilines is 1. The molecule has 0 amide bonds. The molecule has 0 aliphatic carbocycles. The molecule has 74 valence electrons. The largest absolute Gasteiger partial charge is 0.478 e. The van der Waals surface area contributed by atoms with Gasteiger partial charge < -0.3 is 5.11 Å². The van der Waals surface area contributed by atoms with Gasteiger partial charge in [-0.2, -0.15) is 5.10 Å². The van der Waals surface area contributed by atoms with Gasteiger partial charge in [0, 0.05) is 6.21 Å². The lowest BCUT2D eigenvalue weighted by atomic mass is 10.2. The van der Waals surface area contributed by atoms with Crippen LogP contribution in [0.25, 0.3) is 0 Å². The quantitative estimate of drug-likeness (QED) is 0.456. The van der Waals surface area contributed by atoms with E-state index in [4.69, 9.17) is 16.7 Å². The normalized spacial score (nSPS) is 10.4. The van der Waals surface area contributed by atoms with Crippen LogP contribution in [0.4, 0.5) is 5.69 Å². The van der Waals surface area contributed by atoms with Crippen LogP contribution in [-0.4, -0.2) is 23.2 Å². The minimum Gasteiger partial charge on any atom is -0.478 e. The fraction of sp³-hybridized carbons (Fsp3) is 0.111. The zero-order valence-electron chi connectivity index (χ0n) is 7.27. The van der Waals surface area contributed by atoms with Gasteiger partial charge in [-0.15, -0.1) is 11.6 Å². The molecule has 1 rings (SSSR count). The number of aromatic carboxylic acids is 1. The number of nitrogens with zero attached hydrogens (tertiary/aromatic N) is 1. The number of carbonyl (C=O) groups is 1. The van der Waals surface area contributed by atoms with Gasteiger partial charge >= 0.3 is 5.97 Å². The third-order valence-corrected chi connectivity index (χ3v) is 1.60. The summed E-state index contributed by atoms with van der Waals surface area (Å²) in [6, 6.07) is 6.37. The van der Waals surface area contributed by atoms with E-state index in [-0.39, 0.29) is 5.56 Å². The van der Waals surface area contributed by atoms with Crippen molar-refractivity contribution < 1.29 is 9.90 Å². The molecule has 0 saturated heterocycles. The highest BCUT2D eigenvalue weighted by atomic mass is 35.5. The summed E-state index contributed by atoms with van der Waals surface area (Å²) in [7, 11) is 0. The van der Waals surface area contributed by atoms with Crippen LogP contribution in [0.15, 0.2) is 29.4 Å². The van der Waals surface area contributed by atoms with Crippen molar-refractivity contribution in [2.75, 3.05) is 11.3 Å². The second kappa shape index (κ2) is 5.24. The maximum atomic E-state index is 10.6. The van der Waals surface area contributed by atoms with Gasteiger partial charge in [-0.05, 0) is 18.2 Å². The standard InChI is InChI=1S/C9H9ClN2O2/c10-4-5-11-12-8-3-1-2-7(6-8)9(13)14/h1-3,5-6,12H,4H2,(H,13,14). The molecule has 0 atom stereocenters. The highest BCUT2D eigenvalue weighted by Gasteiger charge is 2.01. The van der Waals surface area contributed by atoms with E-state index >= 15 is 0 Å². The molecule has 4 nitrogen and oxygen atoms in total. The van der Waals surface area contributed by atoms with Gasteiger partial charge in [-0.1, -0.05) is 6.07 Å². The third kappa shape index (κ3) is 3.06. The number of carboxylic acid groups (broad SMARTS) is 1. The number of carboxylic acids is 1. The average Bonchev–Trinajstić information content (AvgIpc) is 2.19. The van der Waals surface area contributed by atoms with Crippen LogP contribution in [0.2, 0.25) is 0 Å². The third-order valence-electron chi connectivity index (χ3n) is 1.46. The zero-order valence-corrected chi connectivity index (χ0v) is 8.03. The summed E-state index contributed by atoms with van der Waals surface area (Å²) >= 11 is 5.37. The van der Waals surface area contributed by atoms with Crippen molar-refractivity contribution in [3.05, 3.63) is 29.8 Å². The molecule has 1 aromatic rings. The Kier molecular flexibility index (Phi) is 3.94. The fourth-order valence-corrected chi connectivity index (χ4v) is 0.945. The molecule has 5 heteroatoms. The Morgan fingerprint density at radius 1 is 1.64 bits per heavy atom. The van der Waals surface area contributed by atoms with E-state index in [9.17, 15) is 4.79 Å². The number of hydrogen-bond donors (Lipinski definition) is 2. The van der Waals surface area contributed by atoms with Crippen LogP contribution in [0.5, 0.6) is 0 Å². The van der Waals surface area contributed by atoms with Crippen LogP contribution < -0.4 is 5.43 Å². The maximum Gasteiger partial charge on any atom is 0.335 e. The SMILES string of the molecule is O=C(O)c1cccc(NN=CCCl)c1. The first-order chi connectivity index (χ1) is 6.74. The smallest absolute Gasteiger partial charge is 0.335 e. The summed E-state index contributed by atoms with van der Waals surface area (Å²) in [5, 5.41) is 12.5. The van der Waals surface area contributed by atoms with Crippen molar-refractivity contribution in [2.24, 2.45) is 5.10 Å². The van der Waals surface area contributed by atoms with Crippen molar-refractivity contribution >= 4 is 29.5 Å². The average molecular weight is 213 g/mol. The van der Waals surface area contributed by atoms with Gasteiger partial charge in [0.25, 0.3) is 0 Å². The molecule has 0 heterocycles. The number of nitrogens with one attached hydrogen (secondary N) is 1. The molecule has 0 fully saturated rings. The summed E-state index contributed by atoms with van der Waals surface area (Å²) in [6.07, 6.45) is 1.48. The molecule has 0 aliphatic rings. The van der Waals surface area contributed by atoms with E-state index in [0.717, 1.165) is 0 Å². The molecule has 0 unspecified atom stereocenters. The lowest BCUT2D eigenvalue weighted by molar-refractivity contribution is 0.0697. The van der Waals surface area contributed by atoms with Gasteiger partial charge in [0.15, 0.2) is 0 Å². The first-order valence-corrected chi connectivity index (χ1v) is 4.44. The molecule has 0 radical (unpaired) electrons. The Morgan fingerprint density at radius 3 is 3.07 bits per heavy atom. The van der Waals surface area contributed by atoms with E-state index in [1.807, 2.05) is 0 Å². The number of benzene rings is 1. The Balaban J connectivity index is 2.73. The van der Waals surface area contributed by atoms with Crippen molar-refractivity contribution in [1.29, 1.82) is 0 Å². The Labute approximate surface area is 86.2 Å². The molecule has 0 saturated carbocycles. The molecule has 0 aromatic heterocycles. The van der Waals surface area contributed by atoms with E-state index in [1.54, 1.807) is 12.1 Å². The summed E-state index contributed by atoms with van der Waals surface area (Å²) in [5.41, 5.74) is 3.50. The number of hydrazone groups is 1. The van der Waals surface area contributed by atoms with E-state index in [1.165, 1.54) is 18.3 Å². The van der Waals surface area contributed by atoms with Crippen LogP contribution in [0.3, 0.4) is 0 Å².